The van der Waals surface area contributed by atoms with Gasteiger partial charge in [-0.05, 0) is 79.7 Å². The number of phenols is 1. The van der Waals surface area contributed by atoms with Crippen LogP contribution in [0.15, 0.2) is 69.6 Å². The Hall–Kier alpha value is -1.94. The lowest BCUT2D eigenvalue weighted by molar-refractivity contribution is -0.0381. The largest absolute Gasteiger partial charge is 0.508 e. The van der Waals surface area contributed by atoms with Crippen LogP contribution < -0.4 is 10.1 Å². The molecule has 0 aliphatic heterocycles. The highest BCUT2D eigenvalue weighted by atomic mass is 79.9. The zero-order valence-corrected chi connectivity index (χ0v) is 19.7. The van der Waals surface area contributed by atoms with Gasteiger partial charge in [0.15, 0.2) is 12.0 Å². The van der Waals surface area contributed by atoms with Gasteiger partial charge in [0.25, 0.3) is 0 Å². The molecule has 3 aromatic rings. The first kappa shape index (κ1) is 23.7. The number of ether oxygens (including phenoxy) is 1. The number of hydrogen-bond donors (Lipinski definition) is 5. The van der Waals surface area contributed by atoms with Gasteiger partial charge in [0.05, 0.1) is 8.95 Å². The molecular weight excluding hydrogens is 530 g/mol. The topological polar surface area (TPSA) is 102 Å². The summed E-state index contributed by atoms with van der Waals surface area (Å²) in [6, 6.07) is 18.0. The Kier molecular flexibility index (Phi) is 8.48. The first-order valence-electron chi connectivity index (χ1n) is 9.63. The molecule has 0 saturated heterocycles. The standard InChI is InChI=1S/C23H23Br2NO5/c24-18-10-15(12-21(28)29)11-19(25)22(18)31-16-6-7-20(27)17(13-16)23(30)26-9-8-14-4-2-1-3-5-14/h1-7,10-11,13,21,23,26-30H,8-9,12H2. The molecule has 0 aromatic heterocycles. The number of phenolic OH excluding ortho intramolecular Hbond substituents is 1. The van der Waals surface area contributed by atoms with E-state index in [4.69, 9.17) is 14.9 Å². The minimum atomic E-state index is -1.44. The van der Waals surface area contributed by atoms with Crippen molar-refractivity contribution in [1.29, 1.82) is 0 Å². The molecule has 0 aliphatic rings. The summed E-state index contributed by atoms with van der Waals surface area (Å²) in [7, 11) is 0. The van der Waals surface area contributed by atoms with E-state index in [0.717, 1.165) is 12.0 Å². The molecule has 0 spiro atoms. The van der Waals surface area contributed by atoms with Gasteiger partial charge in [-0.25, -0.2) is 0 Å². The second-order valence-electron chi connectivity index (χ2n) is 6.99. The minimum Gasteiger partial charge on any atom is -0.508 e. The number of nitrogens with one attached hydrogen (secondary N) is 1. The van der Waals surface area contributed by atoms with Crippen molar-refractivity contribution in [3.63, 3.8) is 0 Å². The molecule has 0 fully saturated rings. The predicted molar refractivity (Wildman–Crippen MR) is 125 cm³/mol. The lowest BCUT2D eigenvalue weighted by Crippen LogP contribution is -2.23. The molecule has 5 N–H and O–H groups in total. The van der Waals surface area contributed by atoms with Crippen LogP contribution in [0.2, 0.25) is 0 Å². The van der Waals surface area contributed by atoms with E-state index in [-0.39, 0.29) is 12.2 Å². The van der Waals surface area contributed by atoms with Gasteiger partial charge in [-0.1, -0.05) is 30.3 Å². The number of aliphatic hydroxyl groups excluding tert-OH is 2. The molecule has 0 aliphatic carbocycles. The average molecular weight is 553 g/mol. The fourth-order valence-electron chi connectivity index (χ4n) is 3.08. The molecule has 1 atom stereocenters. The fourth-order valence-corrected chi connectivity index (χ4v) is 4.52. The SMILES string of the molecule is Oc1ccc(Oc2c(Br)cc(CC(O)O)cc2Br)cc1C(O)NCCc1ccccc1. The quantitative estimate of drug-likeness (QED) is 0.252. The Morgan fingerprint density at radius 1 is 0.871 bits per heavy atom. The molecule has 8 heteroatoms. The number of benzene rings is 3. The summed E-state index contributed by atoms with van der Waals surface area (Å²) in [5, 5.41) is 42.0. The van der Waals surface area contributed by atoms with Crippen LogP contribution in [-0.4, -0.2) is 33.3 Å². The fraction of sp³-hybridized carbons (Fsp3) is 0.217. The summed E-state index contributed by atoms with van der Waals surface area (Å²) in [5.74, 6) is 0.866. The molecule has 0 radical (unpaired) electrons. The van der Waals surface area contributed by atoms with Gasteiger partial charge in [-0.15, -0.1) is 0 Å². The van der Waals surface area contributed by atoms with Gasteiger partial charge in [0, 0.05) is 18.5 Å². The summed E-state index contributed by atoms with van der Waals surface area (Å²) < 4.78 is 7.19. The van der Waals surface area contributed by atoms with Gasteiger partial charge >= 0.3 is 0 Å². The van der Waals surface area contributed by atoms with E-state index in [1.165, 1.54) is 6.07 Å². The van der Waals surface area contributed by atoms with Crippen LogP contribution in [0.5, 0.6) is 17.2 Å². The lowest BCUT2D eigenvalue weighted by Gasteiger charge is -2.17. The smallest absolute Gasteiger partial charge is 0.155 e. The van der Waals surface area contributed by atoms with E-state index >= 15 is 0 Å². The molecule has 6 nitrogen and oxygen atoms in total. The van der Waals surface area contributed by atoms with Crippen molar-refractivity contribution in [2.45, 2.75) is 25.4 Å². The Morgan fingerprint density at radius 3 is 2.19 bits per heavy atom. The lowest BCUT2D eigenvalue weighted by atomic mass is 10.1. The molecule has 0 amide bonds. The van der Waals surface area contributed by atoms with Gasteiger partial charge < -0.3 is 25.2 Å². The van der Waals surface area contributed by atoms with Crippen LogP contribution in [0.4, 0.5) is 0 Å². The maximum Gasteiger partial charge on any atom is 0.155 e. The Morgan fingerprint density at radius 2 is 1.55 bits per heavy atom. The molecule has 3 rings (SSSR count). The maximum atomic E-state index is 10.5. The second-order valence-corrected chi connectivity index (χ2v) is 8.70. The number of hydrogen-bond acceptors (Lipinski definition) is 6. The zero-order valence-electron chi connectivity index (χ0n) is 16.5. The minimum absolute atomic E-state index is 0.0440. The zero-order chi connectivity index (χ0) is 22.4. The number of halogens is 2. The number of aromatic hydroxyl groups is 1. The molecule has 3 aromatic carbocycles. The molecule has 31 heavy (non-hydrogen) atoms. The van der Waals surface area contributed by atoms with E-state index in [0.29, 0.717) is 38.1 Å². The van der Waals surface area contributed by atoms with Crippen LogP contribution in [0.3, 0.4) is 0 Å². The third-order valence-corrected chi connectivity index (χ3v) is 5.76. The molecule has 0 saturated carbocycles. The van der Waals surface area contributed by atoms with Crippen molar-refractivity contribution < 1.29 is 25.2 Å². The van der Waals surface area contributed by atoms with Crippen molar-refractivity contribution in [2.24, 2.45) is 0 Å². The summed E-state index contributed by atoms with van der Waals surface area (Å²) >= 11 is 6.87. The van der Waals surface area contributed by atoms with Crippen molar-refractivity contribution in [2.75, 3.05) is 6.54 Å². The van der Waals surface area contributed by atoms with E-state index < -0.39 is 12.5 Å². The van der Waals surface area contributed by atoms with Crippen molar-refractivity contribution in [3.8, 4) is 17.2 Å². The van der Waals surface area contributed by atoms with Crippen LogP contribution in [0.25, 0.3) is 0 Å². The molecular formula is C23H23Br2NO5. The van der Waals surface area contributed by atoms with Gasteiger partial charge in [-0.2, -0.15) is 0 Å². The third-order valence-electron chi connectivity index (χ3n) is 4.58. The van der Waals surface area contributed by atoms with Gasteiger partial charge in [0.1, 0.15) is 17.7 Å². The molecule has 164 valence electrons. The van der Waals surface area contributed by atoms with Crippen LogP contribution in [-0.2, 0) is 12.8 Å². The van der Waals surface area contributed by atoms with E-state index in [9.17, 15) is 10.2 Å². The highest BCUT2D eigenvalue weighted by molar-refractivity contribution is 9.11. The first-order valence-corrected chi connectivity index (χ1v) is 11.2. The predicted octanol–water partition coefficient (Wildman–Crippen LogP) is 4.39. The van der Waals surface area contributed by atoms with Gasteiger partial charge in [0.2, 0.25) is 0 Å². The molecule has 1 unspecified atom stereocenters. The van der Waals surface area contributed by atoms with E-state index in [1.54, 1.807) is 24.3 Å². The average Bonchev–Trinajstić information content (AvgIpc) is 2.72. The van der Waals surface area contributed by atoms with Crippen LogP contribution in [0, 0.1) is 0 Å². The van der Waals surface area contributed by atoms with Crippen molar-refractivity contribution >= 4 is 31.9 Å². The van der Waals surface area contributed by atoms with Gasteiger partial charge in [-0.3, -0.25) is 5.32 Å². The Labute approximate surface area is 197 Å². The van der Waals surface area contributed by atoms with Crippen LogP contribution >= 0.6 is 31.9 Å². The van der Waals surface area contributed by atoms with E-state index in [1.807, 2.05) is 30.3 Å². The number of rotatable bonds is 9. The summed E-state index contributed by atoms with van der Waals surface area (Å²) in [5.41, 5.74) is 2.17. The molecule has 0 heterocycles. The second kappa shape index (κ2) is 11.1. The maximum absolute atomic E-state index is 10.5. The Balaban J connectivity index is 1.70. The third kappa shape index (κ3) is 6.77. The summed E-state index contributed by atoms with van der Waals surface area (Å²) in [6.45, 7) is 0.533. The molecule has 0 bridgehead atoms. The Bertz CT molecular complexity index is 991. The van der Waals surface area contributed by atoms with E-state index in [2.05, 4.69) is 37.2 Å². The first-order chi connectivity index (χ1) is 14.8. The number of aliphatic hydroxyl groups is 3. The van der Waals surface area contributed by atoms with Crippen LogP contribution in [0.1, 0.15) is 22.9 Å². The van der Waals surface area contributed by atoms with Crippen molar-refractivity contribution in [1.82, 2.24) is 5.32 Å². The van der Waals surface area contributed by atoms with Crippen molar-refractivity contribution in [3.05, 3.63) is 86.3 Å². The summed E-state index contributed by atoms with van der Waals surface area (Å²) in [6.07, 6.45) is -1.68. The highest BCUT2D eigenvalue weighted by Gasteiger charge is 2.16. The monoisotopic (exact) mass is 551 g/mol. The summed E-state index contributed by atoms with van der Waals surface area (Å²) in [4.78, 5) is 0. The highest BCUT2D eigenvalue weighted by Crippen LogP contribution is 2.39. The normalized spacial score (nSPS) is 12.2.